The zero-order chi connectivity index (χ0) is 23.6. The number of ketones is 1. The largest absolute Gasteiger partial charge is 0.353 e. The molecule has 0 N–H and O–H groups in total. The van der Waals surface area contributed by atoms with Crippen LogP contribution in [0.2, 0.25) is 5.02 Å². The smallest absolute Gasteiger partial charge is 0.243 e. The minimum Gasteiger partial charge on any atom is -0.353 e. The highest BCUT2D eigenvalue weighted by Gasteiger charge is 2.34. The van der Waals surface area contributed by atoms with Crippen LogP contribution in [0.4, 0.5) is 5.82 Å². The van der Waals surface area contributed by atoms with Crippen LogP contribution in [0, 0.1) is 5.92 Å². The molecule has 1 amide bonds. The van der Waals surface area contributed by atoms with Gasteiger partial charge < -0.3 is 9.80 Å². The quantitative estimate of drug-likeness (QED) is 0.598. The van der Waals surface area contributed by atoms with Crippen LogP contribution in [0.3, 0.4) is 0 Å². The standard InChI is InChI=1S/C23H27ClN4O4S/c1-17(29)18-2-5-21(6-3-18)33(31,32)28-10-8-19(9-11-28)23(30)27-14-12-26(13-15-27)22-7-4-20(24)16-25-22/h2-7,16,19H,8-15H2,1H3. The molecule has 4 rings (SSSR count). The fourth-order valence-electron chi connectivity index (χ4n) is 4.32. The van der Waals surface area contributed by atoms with Crippen LogP contribution in [0.25, 0.3) is 0 Å². The summed E-state index contributed by atoms with van der Waals surface area (Å²) in [6, 6.07) is 9.69. The van der Waals surface area contributed by atoms with E-state index in [9.17, 15) is 18.0 Å². The van der Waals surface area contributed by atoms with Gasteiger partial charge in [0, 0.05) is 56.9 Å². The Morgan fingerprint density at radius 3 is 2.12 bits per heavy atom. The molecule has 176 valence electrons. The first-order valence-electron chi connectivity index (χ1n) is 11.0. The number of amides is 1. The van der Waals surface area contributed by atoms with Crippen molar-refractivity contribution in [2.24, 2.45) is 5.92 Å². The predicted octanol–water partition coefficient (Wildman–Crippen LogP) is 2.69. The zero-order valence-corrected chi connectivity index (χ0v) is 20.1. The van der Waals surface area contributed by atoms with Crippen molar-refractivity contribution < 1.29 is 18.0 Å². The molecule has 2 fully saturated rings. The van der Waals surface area contributed by atoms with Crippen LogP contribution < -0.4 is 4.90 Å². The van der Waals surface area contributed by atoms with Crippen molar-refractivity contribution in [2.75, 3.05) is 44.2 Å². The first kappa shape index (κ1) is 23.7. The number of sulfonamides is 1. The Morgan fingerprint density at radius 1 is 0.939 bits per heavy atom. The van der Waals surface area contributed by atoms with Gasteiger partial charge in [-0.2, -0.15) is 4.31 Å². The molecule has 10 heteroatoms. The fraction of sp³-hybridized carbons (Fsp3) is 0.435. The number of pyridine rings is 1. The second kappa shape index (κ2) is 9.79. The number of carbonyl (C=O) groups excluding carboxylic acids is 2. The maximum atomic E-state index is 13.0. The van der Waals surface area contributed by atoms with Gasteiger partial charge in [-0.15, -0.1) is 0 Å². The topological polar surface area (TPSA) is 90.9 Å². The van der Waals surface area contributed by atoms with Crippen molar-refractivity contribution in [1.82, 2.24) is 14.2 Å². The monoisotopic (exact) mass is 490 g/mol. The summed E-state index contributed by atoms with van der Waals surface area (Å²) in [5, 5.41) is 0.592. The van der Waals surface area contributed by atoms with Crippen molar-refractivity contribution in [3.05, 3.63) is 53.2 Å². The molecule has 1 aromatic heterocycles. The Kier molecular flexibility index (Phi) is 7.02. The second-order valence-corrected chi connectivity index (χ2v) is 10.8. The number of piperidine rings is 1. The number of hydrogen-bond donors (Lipinski definition) is 0. The number of hydrogen-bond acceptors (Lipinski definition) is 6. The summed E-state index contributed by atoms with van der Waals surface area (Å²) < 4.78 is 27.4. The molecule has 2 aromatic rings. The van der Waals surface area contributed by atoms with Gasteiger partial charge in [0.2, 0.25) is 15.9 Å². The van der Waals surface area contributed by atoms with E-state index in [1.807, 2.05) is 11.0 Å². The number of anilines is 1. The van der Waals surface area contributed by atoms with E-state index < -0.39 is 10.0 Å². The third-order valence-electron chi connectivity index (χ3n) is 6.33. The Balaban J connectivity index is 1.31. The van der Waals surface area contributed by atoms with Gasteiger partial charge in [-0.1, -0.05) is 23.7 Å². The summed E-state index contributed by atoms with van der Waals surface area (Å²) in [4.78, 5) is 33.0. The number of Topliss-reactive ketones (excluding diaryl/α,β-unsaturated/α-hetero) is 1. The van der Waals surface area contributed by atoms with E-state index in [4.69, 9.17) is 11.6 Å². The van der Waals surface area contributed by atoms with Crippen molar-refractivity contribution in [2.45, 2.75) is 24.7 Å². The van der Waals surface area contributed by atoms with Crippen molar-refractivity contribution >= 4 is 39.1 Å². The maximum Gasteiger partial charge on any atom is 0.243 e. The van der Waals surface area contributed by atoms with Gasteiger partial charge >= 0.3 is 0 Å². The molecule has 0 saturated carbocycles. The summed E-state index contributed by atoms with van der Waals surface area (Å²) in [7, 11) is -3.65. The fourth-order valence-corrected chi connectivity index (χ4v) is 5.90. The van der Waals surface area contributed by atoms with E-state index in [0.717, 1.165) is 5.82 Å². The van der Waals surface area contributed by atoms with Crippen molar-refractivity contribution in [1.29, 1.82) is 0 Å². The Hall–Kier alpha value is -2.49. The van der Waals surface area contributed by atoms with E-state index in [0.29, 0.717) is 62.7 Å². The van der Waals surface area contributed by atoms with Crippen LogP contribution in [-0.4, -0.2) is 73.6 Å². The number of aromatic nitrogens is 1. The van der Waals surface area contributed by atoms with Crippen LogP contribution >= 0.6 is 11.6 Å². The lowest BCUT2D eigenvalue weighted by Crippen LogP contribution is -2.52. The maximum absolute atomic E-state index is 13.0. The highest BCUT2D eigenvalue weighted by Crippen LogP contribution is 2.26. The highest BCUT2D eigenvalue weighted by molar-refractivity contribution is 7.89. The molecule has 0 atom stereocenters. The molecule has 0 bridgehead atoms. The van der Waals surface area contributed by atoms with Crippen molar-refractivity contribution in [3.8, 4) is 0 Å². The van der Waals surface area contributed by atoms with Crippen LogP contribution in [-0.2, 0) is 14.8 Å². The van der Waals surface area contributed by atoms with E-state index in [1.165, 1.54) is 35.5 Å². The minimum absolute atomic E-state index is 0.0987. The summed E-state index contributed by atoms with van der Waals surface area (Å²) in [6.45, 7) is 4.69. The normalized spacial score (nSPS) is 18.4. The third kappa shape index (κ3) is 5.20. The molecule has 0 unspecified atom stereocenters. The molecule has 2 aliphatic heterocycles. The SMILES string of the molecule is CC(=O)c1ccc(S(=O)(=O)N2CCC(C(=O)N3CCN(c4ccc(Cl)cn4)CC3)CC2)cc1. The number of halogens is 1. The average Bonchev–Trinajstić information content (AvgIpc) is 2.84. The molecule has 8 nitrogen and oxygen atoms in total. The lowest BCUT2D eigenvalue weighted by atomic mass is 9.96. The summed E-state index contributed by atoms with van der Waals surface area (Å²) >= 11 is 5.90. The first-order valence-corrected chi connectivity index (χ1v) is 12.8. The molecule has 1 aromatic carbocycles. The molecule has 0 radical (unpaired) electrons. The van der Waals surface area contributed by atoms with E-state index in [-0.39, 0.29) is 22.5 Å². The van der Waals surface area contributed by atoms with Gasteiger partial charge in [0.15, 0.2) is 5.78 Å². The minimum atomic E-state index is -3.65. The van der Waals surface area contributed by atoms with E-state index in [1.54, 1.807) is 12.3 Å². The summed E-state index contributed by atoms with van der Waals surface area (Å²) in [5.41, 5.74) is 0.477. The highest BCUT2D eigenvalue weighted by atomic mass is 35.5. The second-order valence-electron chi connectivity index (χ2n) is 8.41. The molecular formula is C23H27ClN4O4S. The molecule has 33 heavy (non-hydrogen) atoms. The molecule has 3 heterocycles. The van der Waals surface area contributed by atoms with E-state index >= 15 is 0 Å². The van der Waals surface area contributed by atoms with Gasteiger partial charge in [0.1, 0.15) is 5.82 Å². The van der Waals surface area contributed by atoms with Gasteiger partial charge in [0.05, 0.1) is 9.92 Å². The van der Waals surface area contributed by atoms with Crippen molar-refractivity contribution in [3.63, 3.8) is 0 Å². The number of nitrogens with zero attached hydrogens (tertiary/aromatic N) is 4. The molecule has 2 aliphatic rings. The molecule has 0 spiro atoms. The Morgan fingerprint density at radius 2 is 1.58 bits per heavy atom. The van der Waals surface area contributed by atoms with Crippen LogP contribution in [0.15, 0.2) is 47.5 Å². The van der Waals surface area contributed by atoms with Gasteiger partial charge in [-0.05, 0) is 44.0 Å². The Bertz CT molecular complexity index is 1110. The van der Waals surface area contributed by atoms with Crippen LogP contribution in [0.5, 0.6) is 0 Å². The van der Waals surface area contributed by atoms with Gasteiger partial charge in [-0.25, -0.2) is 13.4 Å². The lowest BCUT2D eigenvalue weighted by Gasteiger charge is -2.38. The predicted molar refractivity (Wildman–Crippen MR) is 126 cm³/mol. The average molecular weight is 491 g/mol. The molecule has 0 aliphatic carbocycles. The van der Waals surface area contributed by atoms with Crippen LogP contribution in [0.1, 0.15) is 30.1 Å². The van der Waals surface area contributed by atoms with Gasteiger partial charge in [-0.3, -0.25) is 9.59 Å². The van der Waals surface area contributed by atoms with E-state index in [2.05, 4.69) is 9.88 Å². The lowest BCUT2D eigenvalue weighted by molar-refractivity contribution is -0.137. The number of carbonyl (C=O) groups is 2. The first-order chi connectivity index (χ1) is 15.8. The number of benzene rings is 1. The van der Waals surface area contributed by atoms with Gasteiger partial charge in [0.25, 0.3) is 0 Å². The zero-order valence-electron chi connectivity index (χ0n) is 18.5. The summed E-state index contributed by atoms with van der Waals surface area (Å²) in [6.07, 6.45) is 2.62. The third-order valence-corrected chi connectivity index (χ3v) is 8.47. The molecule has 2 saturated heterocycles. The molecular weight excluding hydrogens is 464 g/mol. The number of rotatable bonds is 5. The number of piperazine rings is 1. The Labute approximate surface area is 199 Å². The summed E-state index contributed by atoms with van der Waals surface area (Å²) in [5.74, 6) is 0.670.